The zero-order chi connectivity index (χ0) is 51.1. The first-order chi connectivity index (χ1) is 33.1. The molecule has 70 heavy (non-hydrogen) atoms. The summed E-state index contributed by atoms with van der Waals surface area (Å²) in [6.45, 7) is 16.1. The number of nitrogens with two attached hydrogens (primary N) is 1. The van der Waals surface area contributed by atoms with Crippen LogP contribution in [0.5, 0.6) is 0 Å². The molecule has 4 saturated carbocycles. The van der Waals surface area contributed by atoms with Crippen LogP contribution in [-0.2, 0) is 41.6 Å². The molecule has 2 aromatic carbocycles. The van der Waals surface area contributed by atoms with Crippen molar-refractivity contribution >= 4 is 35.4 Å². The van der Waals surface area contributed by atoms with Crippen molar-refractivity contribution in [1.82, 2.24) is 26.6 Å². The van der Waals surface area contributed by atoms with Crippen molar-refractivity contribution in [2.24, 2.45) is 63.9 Å². The van der Waals surface area contributed by atoms with Gasteiger partial charge in [-0.25, -0.2) is 0 Å². The Balaban J connectivity index is 1.09. The van der Waals surface area contributed by atoms with E-state index in [9.17, 15) is 39.0 Å². The summed E-state index contributed by atoms with van der Waals surface area (Å²) in [5.41, 5.74) is 7.18. The summed E-state index contributed by atoms with van der Waals surface area (Å²) in [6, 6.07) is 13.0. The third-order valence-corrected chi connectivity index (χ3v) is 17.5. The SMILES string of the molecule is CC(C)C[C@@H](NC(=O)CCC(C)[C@H]1CC[C@H]2[C@@H]3[C@@H](O)C[C@@H]4C[C@H](O)CC[C@]4(C)[C@H]3CC[C@]12C)C(=O)N[C@@H](C(=O)N[C@H](Cc1ccccc1)C(=O)N[C@H](Cc1ccccc1)C(=O)N[C@H](C)C(N)=O)C(C)C. The second-order valence-corrected chi connectivity index (χ2v) is 23.1. The van der Waals surface area contributed by atoms with Crippen molar-refractivity contribution in [3.8, 4) is 0 Å². The topological polar surface area (TPSA) is 229 Å². The zero-order valence-electron chi connectivity index (χ0n) is 43.0. The molecule has 0 aliphatic heterocycles. The molecule has 9 N–H and O–H groups in total. The van der Waals surface area contributed by atoms with Crippen LogP contribution >= 0.6 is 0 Å². The van der Waals surface area contributed by atoms with E-state index in [-0.39, 0.29) is 66.0 Å². The summed E-state index contributed by atoms with van der Waals surface area (Å²) in [5, 5.41) is 36.4. The Labute approximate surface area is 416 Å². The summed E-state index contributed by atoms with van der Waals surface area (Å²) in [5.74, 6) is -1.45. The molecule has 1 unspecified atom stereocenters. The van der Waals surface area contributed by atoms with Gasteiger partial charge in [0.05, 0.1) is 12.2 Å². The third kappa shape index (κ3) is 13.0. The summed E-state index contributed by atoms with van der Waals surface area (Å²) >= 11 is 0. The van der Waals surface area contributed by atoms with Gasteiger partial charge in [0.2, 0.25) is 35.4 Å². The maximum atomic E-state index is 14.3. The Kier molecular flexibility index (Phi) is 18.4. The predicted octanol–water partition coefficient (Wildman–Crippen LogP) is 5.51. The Bertz CT molecular complexity index is 2120. The number of carbonyl (C=O) groups excluding carboxylic acids is 6. The fraction of sp³-hybridized carbons (Fsp3) is 0.679. The van der Waals surface area contributed by atoms with Gasteiger partial charge in [-0.05, 0) is 140 Å². The molecule has 0 heterocycles. The molecule has 15 atom stereocenters. The van der Waals surface area contributed by atoms with Gasteiger partial charge in [0.15, 0.2) is 0 Å². The summed E-state index contributed by atoms with van der Waals surface area (Å²) < 4.78 is 0. The number of amides is 6. The van der Waals surface area contributed by atoms with Gasteiger partial charge in [0, 0.05) is 19.3 Å². The van der Waals surface area contributed by atoms with Gasteiger partial charge in [-0.3, -0.25) is 28.8 Å². The second kappa shape index (κ2) is 23.6. The number of hydrogen-bond donors (Lipinski definition) is 8. The van der Waals surface area contributed by atoms with Crippen molar-refractivity contribution in [3.63, 3.8) is 0 Å². The first-order valence-corrected chi connectivity index (χ1v) is 26.3. The largest absolute Gasteiger partial charge is 0.393 e. The molecule has 0 radical (unpaired) electrons. The average Bonchev–Trinajstić information content (AvgIpc) is 3.67. The highest BCUT2D eigenvalue weighted by Gasteiger charge is 2.63. The van der Waals surface area contributed by atoms with Crippen LogP contribution in [-0.4, -0.2) is 88.1 Å². The fourth-order valence-electron chi connectivity index (χ4n) is 13.5. The van der Waals surface area contributed by atoms with Gasteiger partial charge in [-0.1, -0.05) is 109 Å². The van der Waals surface area contributed by atoms with Crippen LogP contribution in [0, 0.1) is 58.2 Å². The molecule has 0 aromatic heterocycles. The number of primary amides is 1. The molecule has 0 bridgehead atoms. The second-order valence-electron chi connectivity index (χ2n) is 23.1. The minimum Gasteiger partial charge on any atom is -0.393 e. The van der Waals surface area contributed by atoms with Crippen molar-refractivity contribution in [2.75, 3.05) is 0 Å². The minimum atomic E-state index is -1.16. The number of aliphatic hydroxyl groups is 2. The van der Waals surface area contributed by atoms with Crippen molar-refractivity contribution < 1.29 is 39.0 Å². The van der Waals surface area contributed by atoms with Crippen LogP contribution in [0.25, 0.3) is 0 Å². The number of fused-ring (bicyclic) bond motifs is 5. The Morgan fingerprint density at radius 3 is 1.76 bits per heavy atom. The van der Waals surface area contributed by atoms with E-state index >= 15 is 0 Å². The molecule has 2 aromatic rings. The predicted molar refractivity (Wildman–Crippen MR) is 270 cm³/mol. The van der Waals surface area contributed by atoms with E-state index < -0.39 is 65.7 Å². The van der Waals surface area contributed by atoms with Crippen LogP contribution in [0.15, 0.2) is 60.7 Å². The molecule has 4 fully saturated rings. The van der Waals surface area contributed by atoms with Crippen molar-refractivity contribution in [1.29, 1.82) is 0 Å². The Morgan fingerprint density at radius 1 is 0.643 bits per heavy atom. The molecule has 6 amide bonds. The zero-order valence-corrected chi connectivity index (χ0v) is 43.0. The summed E-state index contributed by atoms with van der Waals surface area (Å²) in [7, 11) is 0. The van der Waals surface area contributed by atoms with Gasteiger partial charge < -0.3 is 42.5 Å². The Morgan fingerprint density at radius 2 is 1.19 bits per heavy atom. The monoisotopic (exact) mass is 969 g/mol. The van der Waals surface area contributed by atoms with E-state index in [1.54, 1.807) is 13.8 Å². The van der Waals surface area contributed by atoms with Crippen LogP contribution in [0.4, 0.5) is 0 Å². The maximum absolute atomic E-state index is 14.3. The molecule has 4 aliphatic rings. The van der Waals surface area contributed by atoms with Crippen LogP contribution in [0.3, 0.4) is 0 Å². The van der Waals surface area contributed by atoms with Gasteiger partial charge in [0.25, 0.3) is 0 Å². The normalized spacial score (nSPS) is 29.7. The minimum absolute atomic E-state index is 0.0455. The van der Waals surface area contributed by atoms with Gasteiger partial charge >= 0.3 is 0 Å². The standard InChI is InChI=1S/C56H84N6O8/c1-32(2)27-43(59-47(65)22-19-34(5)40-20-21-41-48-42(24-26-56(40,41)8)55(7)25-23-39(63)30-38(55)31-46(48)64)53(69)62-49(33(3)4)54(70)61-45(29-37-17-13-10-14-18-37)52(68)60-44(28-36-15-11-9-12-16-36)51(67)58-35(6)50(57)66/h9-18,32-35,38-46,48-49,63-64H,19-31H2,1-8H3,(H2,57,66)(H,58,67)(H,59,65)(H,60,68)(H,61,70)(H,62,69)/t34?,35-,38+,39-,40-,41+,42+,43-,44-,45-,46+,48+,49-,55+,56-/m1/s1. The molecule has 6 rings (SSSR count). The number of nitrogens with one attached hydrogen (secondary N) is 5. The lowest BCUT2D eigenvalue weighted by molar-refractivity contribution is -0.174. The van der Waals surface area contributed by atoms with E-state index in [2.05, 4.69) is 47.4 Å². The van der Waals surface area contributed by atoms with Gasteiger partial charge in [-0.2, -0.15) is 0 Å². The van der Waals surface area contributed by atoms with E-state index in [4.69, 9.17) is 5.73 Å². The van der Waals surface area contributed by atoms with Crippen molar-refractivity contribution in [2.45, 2.75) is 181 Å². The van der Waals surface area contributed by atoms with Crippen LogP contribution < -0.4 is 32.3 Å². The molecule has 14 heteroatoms. The molecule has 0 spiro atoms. The molecule has 386 valence electrons. The highest BCUT2D eigenvalue weighted by atomic mass is 16.3. The lowest BCUT2D eigenvalue weighted by Crippen LogP contribution is -2.60. The van der Waals surface area contributed by atoms with E-state index in [0.717, 1.165) is 62.5 Å². The molecule has 0 saturated heterocycles. The third-order valence-electron chi connectivity index (χ3n) is 17.5. The number of carbonyl (C=O) groups is 6. The van der Waals surface area contributed by atoms with E-state index in [1.807, 2.05) is 74.5 Å². The van der Waals surface area contributed by atoms with E-state index in [1.165, 1.54) is 6.92 Å². The number of benzene rings is 2. The molecule has 4 aliphatic carbocycles. The first-order valence-electron chi connectivity index (χ1n) is 26.3. The number of aliphatic hydroxyl groups excluding tert-OH is 2. The smallest absolute Gasteiger partial charge is 0.243 e. The van der Waals surface area contributed by atoms with Gasteiger partial charge in [-0.15, -0.1) is 0 Å². The highest BCUT2D eigenvalue weighted by molar-refractivity contribution is 5.96. The first kappa shape index (κ1) is 54.5. The fourth-order valence-corrected chi connectivity index (χ4v) is 13.5. The lowest BCUT2D eigenvalue weighted by atomic mass is 9.43. The highest BCUT2D eigenvalue weighted by Crippen LogP contribution is 2.68. The molecular weight excluding hydrogens is 885 g/mol. The van der Waals surface area contributed by atoms with Crippen LogP contribution in [0.2, 0.25) is 0 Å². The average molecular weight is 969 g/mol. The van der Waals surface area contributed by atoms with E-state index in [0.29, 0.717) is 36.5 Å². The Hall–Kier alpha value is -4.82. The number of hydrogen-bond acceptors (Lipinski definition) is 8. The lowest BCUT2D eigenvalue weighted by Gasteiger charge is -2.62. The molecular formula is C56H84N6O8. The van der Waals surface area contributed by atoms with Gasteiger partial charge in [0.1, 0.15) is 30.2 Å². The molecule has 14 nitrogen and oxygen atoms in total. The maximum Gasteiger partial charge on any atom is 0.243 e. The summed E-state index contributed by atoms with van der Waals surface area (Å²) in [6.07, 6.45) is 8.67. The van der Waals surface area contributed by atoms with Crippen LogP contribution in [0.1, 0.15) is 137 Å². The quantitative estimate of drug-likeness (QED) is 0.0794. The number of rotatable bonds is 21. The summed E-state index contributed by atoms with van der Waals surface area (Å²) in [4.78, 5) is 81.9. The van der Waals surface area contributed by atoms with Crippen molar-refractivity contribution in [3.05, 3.63) is 71.8 Å².